The first-order chi connectivity index (χ1) is 11.5. The topological polar surface area (TPSA) is 79.8 Å². The minimum atomic E-state index is -0.435. The molecule has 24 heavy (non-hydrogen) atoms. The van der Waals surface area contributed by atoms with E-state index >= 15 is 0 Å². The first kappa shape index (κ1) is 18.3. The highest BCUT2D eigenvalue weighted by molar-refractivity contribution is 8.15. The monoisotopic (exact) mass is 349 g/mol. The van der Waals surface area contributed by atoms with Crippen molar-refractivity contribution in [1.29, 1.82) is 0 Å². The minimum Gasteiger partial charge on any atom is -0.494 e. The molecule has 2 rings (SSSR count). The van der Waals surface area contributed by atoms with Crippen molar-refractivity contribution in [2.24, 2.45) is 4.99 Å². The maximum atomic E-state index is 12.1. The molecule has 0 bridgehead atoms. The molecule has 0 saturated carbocycles. The van der Waals surface area contributed by atoms with Crippen molar-refractivity contribution in [2.75, 3.05) is 11.9 Å². The van der Waals surface area contributed by atoms with Gasteiger partial charge in [0.2, 0.25) is 11.8 Å². The van der Waals surface area contributed by atoms with Gasteiger partial charge < -0.3 is 15.4 Å². The molecule has 0 aliphatic carbocycles. The lowest BCUT2D eigenvalue weighted by atomic mass is 10.2. The quantitative estimate of drug-likeness (QED) is 0.793. The van der Waals surface area contributed by atoms with Gasteiger partial charge in [-0.15, -0.1) is 0 Å². The molecule has 2 N–H and O–H groups in total. The van der Waals surface area contributed by atoms with E-state index in [1.54, 1.807) is 24.3 Å². The van der Waals surface area contributed by atoms with E-state index in [-0.39, 0.29) is 24.3 Å². The third kappa shape index (κ3) is 5.26. The van der Waals surface area contributed by atoms with Crippen LogP contribution in [-0.4, -0.2) is 34.9 Å². The fraction of sp³-hybridized carbons (Fsp3) is 0.471. The Morgan fingerprint density at radius 2 is 2.08 bits per heavy atom. The summed E-state index contributed by atoms with van der Waals surface area (Å²) in [7, 11) is 0. The van der Waals surface area contributed by atoms with E-state index in [4.69, 9.17) is 4.74 Å². The Morgan fingerprint density at radius 1 is 1.38 bits per heavy atom. The summed E-state index contributed by atoms with van der Waals surface area (Å²) >= 11 is 1.32. The lowest BCUT2D eigenvalue weighted by Crippen LogP contribution is -2.28. The lowest BCUT2D eigenvalue weighted by molar-refractivity contribution is -0.122. The Morgan fingerprint density at radius 3 is 2.71 bits per heavy atom. The van der Waals surface area contributed by atoms with Gasteiger partial charge in [-0.05, 0) is 44.5 Å². The van der Waals surface area contributed by atoms with Gasteiger partial charge in [0.1, 0.15) is 11.0 Å². The van der Waals surface area contributed by atoms with Crippen molar-refractivity contribution in [3.8, 4) is 5.75 Å². The van der Waals surface area contributed by atoms with E-state index in [0.29, 0.717) is 17.5 Å². The summed E-state index contributed by atoms with van der Waals surface area (Å²) in [5.41, 5.74) is 0.681. The summed E-state index contributed by atoms with van der Waals surface area (Å²) in [6.45, 7) is 6.54. The van der Waals surface area contributed by atoms with Gasteiger partial charge in [-0.2, -0.15) is 0 Å². The zero-order chi connectivity index (χ0) is 17.5. The van der Waals surface area contributed by atoms with E-state index in [0.717, 1.165) is 12.2 Å². The number of aliphatic imine (C=N–C) groups is 1. The fourth-order valence-electron chi connectivity index (χ4n) is 2.07. The first-order valence-electron chi connectivity index (χ1n) is 8.09. The average Bonchev–Trinajstić information content (AvgIpc) is 2.88. The van der Waals surface area contributed by atoms with Crippen molar-refractivity contribution in [2.45, 2.75) is 44.9 Å². The number of benzene rings is 1. The van der Waals surface area contributed by atoms with Crippen LogP contribution in [0.5, 0.6) is 5.75 Å². The van der Waals surface area contributed by atoms with Crippen molar-refractivity contribution < 1.29 is 14.3 Å². The summed E-state index contributed by atoms with van der Waals surface area (Å²) in [5.74, 6) is 0.396. The summed E-state index contributed by atoms with van der Waals surface area (Å²) in [5, 5.41) is 5.71. The number of nitrogens with zero attached hydrogens (tertiary/aromatic N) is 1. The number of anilines is 1. The first-order valence-corrected chi connectivity index (χ1v) is 8.97. The molecule has 2 amide bonds. The van der Waals surface area contributed by atoms with Gasteiger partial charge in [-0.25, -0.2) is 0 Å². The third-order valence-electron chi connectivity index (χ3n) is 3.52. The van der Waals surface area contributed by atoms with Crippen LogP contribution < -0.4 is 15.4 Å². The van der Waals surface area contributed by atoms with Crippen molar-refractivity contribution in [3.05, 3.63) is 24.3 Å². The zero-order valence-electron chi connectivity index (χ0n) is 14.2. The Bertz CT molecular complexity index is 616. The van der Waals surface area contributed by atoms with Crippen LogP contribution in [0, 0.1) is 0 Å². The number of hydrogen-bond acceptors (Lipinski definition) is 5. The van der Waals surface area contributed by atoms with Crippen LogP contribution in [-0.2, 0) is 9.59 Å². The number of carbonyl (C=O) groups is 2. The molecule has 0 unspecified atom stereocenters. The second-order valence-electron chi connectivity index (χ2n) is 5.50. The van der Waals surface area contributed by atoms with Gasteiger partial charge in [0.05, 0.1) is 6.61 Å². The van der Waals surface area contributed by atoms with E-state index in [9.17, 15) is 9.59 Å². The van der Waals surface area contributed by atoms with Crippen LogP contribution in [0.15, 0.2) is 29.3 Å². The molecule has 1 aliphatic rings. The van der Waals surface area contributed by atoms with Gasteiger partial charge in [0.25, 0.3) is 0 Å². The molecule has 0 aromatic heterocycles. The number of amides is 2. The molecule has 1 heterocycles. The van der Waals surface area contributed by atoms with Crippen LogP contribution in [0.4, 0.5) is 5.69 Å². The largest absolute Gasteiger partial charge is 0.494 e. The molecular weight excluding hydrogens is 326 g/mol. The number of nitrogens with one attached hydrogen (secondary N) is 2. The minimum absolute atomic E-state index is 0.114. The number of rotatable bonds is 7. The molecule has 6 nitrogen and oxygen atoms in total. The van der Waals surface area contributed by atoms with Crippen molar-refractivity contribution in [1.82, 2.24) is 5.32 Å². The summed E-state index contributed by atoms with van der Waals surface area (Å²) in [6.07, 6.45) is 1.02. The zero-order valence-corrected chi connectivity index (χ0v) is 15.0. The third-order valence-corrected chi connectivity index (χ3v) is 4.62. The number of hydrogen-bond donors (Lipinski definition) is 2. The molecule has 1 aromatic rings. The van der Waals surface area contributed by atoms with Crippen LogP contribution in [0.25, 0.3) is 0 Å². The highest BCUT2D eigenvalue weighted by Crippen LogP contribution is 2.24. The standard InChI is InChI=1S/C17H23N3O3S/c1-4-11(3)18-17-20-16(22)14(24-17)10-15(21)19-12-6-8-13(9-7-12)23-5-2/h6-9,11,14H,4-5,10H2,1-3H3,(H,19,21)(H,18,20,22)/t11-,14+/m1/s1. The van der Waals surface area contributed by atoms with Crippen LogP contribution >= 0.6 is 11.8 Å². The highest BCUT2D eigenvalue weighted by atomic mass is 32.2. The molecule has 130 valence electrons. The van der Waals surface area contributed by atoms with E-state index in [1.165, 1.54) is 11.8 Å². The van der Waals surface area contributed by atoms with Gasteiger partial charge in [-0.3, -0.25) is 14.6 Å². The van der Waals surface area contributed by atoms with E-state index < -0.39 is 5.25 Å². The molecule has 1 aliphatic heterocycles. The van der Waals surface area contributed by atoms with Crippen LogP contribution in [0.2, 0.25) is 0 Å². The van der Waals surface area contributed by atoms with Gasteiger partial charge >= 0.3 is 0 Å². The normalized spacial score (nSPS) is 19.9. The van der Waals surface area contributed by atoms with E-state index in [2.05, 4.69) is 15.6 Å². The summed E-state index contributed by atoms with van der Waals surface area (Å²) in [4.78, 5) is 28.5. The van der Waals surface area contributed by atoms with E-state index in [1.807, 2.05) is 20.8 Å². The summed E-state index contributed by atoms with van der Waals surface area (Å²) < 4.78 is 5.36. The average molecular weight is 349 g/mol. The van der Waals surface area contributed by atoms with Crippen molar-refractivity contribution in [3.63, 3.8) is 0 Å². The Hall–Kier alpha value is -2.02. The Balaban J connectivity index is 1.88. The van der Waals surface area contributed by atoms with Gasteiger partial charge in [0, 0.05) is 18.2 Å². The molecular formula is C17H23N3O3S. The second kappa shape index (κ2) is 8.73. The molecule has 0 spiro atoms. The second-order valence-corrected chi connectivity index (χ2v) is 6.69. The van der Waals surface area contributed by atoms with Gasteiger partial charge in [0.15, 0.2) is 5.17 Å². The maximum Gasteiger partial charge on any atom is 0.240 e. The molecule has 1 saturated heterocycles. The molecule has 1 fully saturated rings. The van der Waals surface area contributed by atoms with Gasteiger partial charge in [-0.1, -0.05) is 18.7 Å². The molecule has 2 atom stereocenters. The lowest BCUT2D eigenvalue weighted by Gasteiger charge is -2.08. The van der Waals surface area contributed by atoms with Crippen LogP contribution in [0.1, 0.15) is 33.6 Å². The highest BCUT2D eigenvalue weighted by Gasteiger charge is 2.32. The SMILES string of the molecule is CCOc1ccc(NC(=O)C[C@@H]2SC(=N[C@H](C)CC)NC2=O)cc1. The maximum absolute atomic E-state index is 12.1. The number of carbonyl (C=O) groups excluding carboxylic acids is 2. The van der Waals surface area contributed by atoms with Crippen molar-refractivity contribution >= 4 is 34.4 Å². The van der Waals surface area contributed by atoms with Crippen LogP contribution in [0.3, 0.4) is 0 Å². The predicted molar refractivity (Wildman–Crippen MR) is 97.6 cm³/mol. The number of thioether (sulfide) groups is 1. The fourth-order valence-corrected chi connectivity index (χ4v) is 3.14. The Kier molecular flexibility index (Phi) is 6.66. The summed E-state index contributed by atoms with van der Waals surface area (Å²) in [6, 6.07) is 7.31. The Labute approximate surface area is 146 Å². The number of ether oxygens (including phenoxy) is 1. The molecule has 0 radical (unpaired) electrons. The predicted octanol–water partition coefficient (Wildman–Crippen LogP) is 2.80. The number of amidine groups is 1. The molecule has 1 aromatic carbocycles. The smallest absolute Gasteiger partial charge is 0.240 e. The molecule has 7 heteroatoms.